The van der Waals surface area contributed by atoms with E-state index in [0.29, 0.717) is 5.58 Å². The molecule has 1 unspecified atom stereocenters. The molecule has 0 fully saturated rings. The SMILES string of the molecule is C[NH+](Cc1ccc(Cl)s1)Cc1cc(=O)oc2ccc3ccccc3c12. The number of benzene rings is 2. The number of nitrogens with one attached hydrogen (secondary N) is 1. The van der Waals surface area contributed by atoms with Crippen LogP contribution in [-0.4, -0.2) is 7.05 Å². The lowest BCUT2D eigenvalue weighted by atomic mass is 10.0. The smallest absolute Gasteiger partial charge is 0.336 e. The normalized spacial score (nSPS) is 12.7. The summed E-state index contributed by atoms with van der Waals surface area (Å²) in [5, 5.41) is 3.29. The molecule has 25 heavy (non-hydrogen) atoms. The molecule has 0 aliphatic heterocycles. The van der Waals surface area contributed by atoms with Crippen molar-refractivity contribution in [2.45, 2.75) is 13.1 Å². The zero-order valence-electron chi connectivity index (χ0n) is 13.7. The minimum absolute atomic E-state index is 0.301. The first-order valence-corrected chi connectivity index (χ1v) is 9.29. The summed E-state index contributed by atoms with van der Waals surface area (Å²) in [6, 6.07) is 17.7. The van der Waals surface area contributed by atoms with Crippen LogP contribution < -0.4 is 10.5 Å². The Labute approximate surface area is 154 Å². The van der Waals surface area contributed by atoms with Gasteiger partial charge in [-0.15, -0.1) is 11.3 Å². The lowest BCUT2D eigenvalue weighted by Gasteiger charge is -2.15. The summed E-state index contributed by atoms with van der Waals surface area (Å²) in [4.78, 5) is 14.5. The van der Waals surface area contributed by atoms with E-state index in [0.717, 1.165) is 39.1 Å². The summed E-state index contributed by atoms with van der Waals surface area (Å²) in [5.74, 6) is 0. The highest BCUT2D eigenvalue weighted by Gasteiger charge is 2.14. The summed E-state index contributed by atoms with van der Waals surface area (Å²) in [6.07, 6.45) is 0. The molecule has 0 saturated carbocycles. The predicted octanol–water partition coefficient (Wildman–Crippen LogP) is 3.88. The fraction of sp³-hybridized carbons (Fsp3) is 0.150. The molecule has 1 atom stereocenters. The number of fused-ring (bicyclic) bond motifs is 3. The number of hydrogen-bond acceptors (Lipinski definition) is 3. The molecule has 5 heteroatoms. The third-order valence-corrected chi connectivity index (χ3v) is 5.54. The highest BCUT2D eigenvalue weighted by molar-refractivity contribution is 7.16. The largest absolute Gasteiger partial charge is 0.423 e. The van der Waals surface area contributed by atoms with Gasteiger partial charge in [0, 0.05) is 17.0 Å². The maximum Gasteiger partial charge on any atom is 0.336 e. The molecule has 0 spiro atoms. The highest BCUT2D eigenvalue weighted by atomic mass is 35.5. The van der Waals surface area contributed by atoms with E-state index in [1.165, 1.54) is 9.78 Å². The van der Waals surface area contributed by atoms with Gasteiger partial charge in [0.1, 0.15) is 18.7 Å². The summed E-state index contributed by atoms with van der Waals surface area (Å²) in [6.45, 7) is 1.61. The summed E-state index contributed by atoms with van der Waals surface area (Å²) in [5.41, 5.74) is 1.36. The molecule has 4 aromatic rings. The maximum atomic E-state index is 12.0. The van der Waals surface area contributed by atoms with Crippen LogP contribution in [0, 0.1) is 0 Å². The zero-order valence-corrected chi connectivity index (χ0v) is 15.3. The second kappa shape index (κ2) is 6.64. The van der Waals surface area contributed by atoms with Gasteiger partial charge in [-0.2, -0.15) is 0 Å². The van der Waals surface area contributed by atoms with Crippen molar-refractivity contribution in [2.24, 2.45) is 0 Å². The van der Waals surface area contributed by atoms with Crippen LogP contribution >= 0.6 is 22.9 Å². The Morgan fingerprint density at radius 3 is 2.72 bits per heavy atom. The third kappa shape index (κ3) is 3.33. The highest BCUT2D eigenvalue weighted by Crippen LogP contribution is 2.27. The molecule has 2 aromatic carbocycles. The van der Waals surface area contributed by atoms with Gasteiger partial charge in [-0.25, -0.2) is 4.79 Å². The molecule has 0 saturated heterocycles. The average molecular weight is 371 g/mol. The molecule has 2 heterocycles. The fourth-order valence-corrected chi connectivity index (χ4v) is 4.49. The molecule has 1 N–H and O–H groups in total. The van der Waals surface area contributed by atoms with Crippen LogP contribution in [0.4, 0.5) is 0 Å². The number of halogens is 1. The maximum absolute atomic E-state index is 12.0. The van der Waals surface area contributed by atoms with Crippen molar-refractivity contribution in [3.63, 3.8) is 0 Å². The van der Waals surface area contributed by atoms with E-state index in [1.807, 2.05) is 30.3 Å². The molecule has 0 aliphatic rings. The molecular weight excluding hydrogens is 354 g/mol. The number of hydrogen-bond donors (Lipinski definition) is 1. The van der Waals surface area contributed by atoms with E-state index in [1.54, 1.807) is 17.4 Å². The van der Waals surface area contributed by atoms with Gasteiger partial charge < -0.3 is 9.32 Å². The van der Waals surface area contributed by atoms with E-state index >= 15 is 0 Å². The van der Waals surface area contributed by atoms with E-state index in [2.05, 4.69) is 25.2 Å². The summed E-state index contributed by atoms with van der Waals surface area (Å²) in [7, 11) is 2.12. The molecule has 2 aromatic heterocycles. The molecule has 0 amide bonds. The number of quaternary nitrogens is 1. The Morgan fingerprint density at radius 1 is 1.08 bits per heavy atom. The van der Waals surface area contributed by atoms with Gasteiger partial charge in [-0.05, 0) is 29.0 Å². The second-order valence-corrected chi connectivity index (χ2v) is 8.07. The first-order chi connectivity index (χ1) is 12.1. The minimum Gasteiger partial charge on any atom is -0.423 e. The van der Waals surface area contributed by atoms with Crippen LogP contribution in [0.2, 0.25) is 4.34 Å². The lowest BCUT2D eigenvalue weighted by Crippen LogP contribution is -3.06. The van der Waals surface area contributed by atoms with Crippen molar-refractivity contribution >= 4 is 44.7 Å². The van der Waals surface area contributed by atoms with Gasteiger partial charge in [0.25, 0.3) is 0 Å². The Bertz CT molecular complexity index is 1120. The third-order valence-electron chi connectivity index (χ3n) is 4.31. The Kier molecular flexibility index (Phi) is 4.34. The van der Waals surface area contributed by atoms with Gasteiger partial charge >= 0.3 is 5.63 Å². The van der Waals surface area contributed by atoms with Crippen LogP contribution in [0.5, 0.6) is 0 Å². The van der Waals surface area contributed by atoms with Gasteiger partial charge in [0.05, 0.1) is 16.3 Å². The van der Waals surface area contributed by atoms with E-state index in [9.17, 15) is 4.79 Å². The van der Waals surface area contributed by atoms with Crippen molar-refractivity contribution in [3.8, 4) is 0 Å². The van der Waals surface area contributed by atoms with E-state index < -0.39 is 0 Å². The molecule has 126 valence electrons. The van der Waals surface area contributed by atoms with Gasteiger partial charge in [-0.3, -0.25) is 0 Å². The summed E-state index contributed by atoms with van der Waals surface area (Å²) >= 11 is 7.62. The predicted molar refractivity (Wildman–Crippen MR) is 104 cm³/mol. The Morgan fingerprint density at radius 2 is 1.92 bits per heavy atom. The van der Waals surface area contributed by atoms with Crippen LogP contribution in [0.15, 0.2) is 63.8 Å². The van der Waals surface area contributed by atoms with E-state index in [-0.39, 0.29) is 5.63 Å². The van der Waals surface area contributed by atoms with Crippen LogP contribution in [0.1, 0.15) is 10.4 Å². The van der Waals surface area contributed by atoms with Crippen LogP contribution in [-0.2, 0) is 13.1 Å². The first-order valence-electron chi connectivity index (χ1n) is 8.10. The van der Waals surface area contributed by atoms with Crippen LogP contribution in [0.3, 0.4) is 0 Å². The van der Waals surface area contributed by atoms with Crippen molar-refractivity contribution in [1.82, 2.24) is 0 Å². The summed E-state index contributed by atoms with van der Waals surface area (Å²) < 4.78 is 6.24. The molecule has 0 aliphatic carbocycles. The minimum atomic E-state index is -0.301. The number of thiophene rings is 1. The zero-order chi connectivity index (χ0) is 17.4. The van der Waals surface area contributed by atoms with Gasteiger partial charge in [0.15, 0.2) is 0 Å². The van der Waals surface area contributed by atoms with E-state index in [4.69, 9.17) is 16.0 Å². The molecule has 4 rings (SSSR count). The first kappa shape index (κ1) is 16.3. The average Bonchev–Trinajstić information content (AvgIpc) is 2.98. The second-order valence-electron chi connectivity index (χ2n) is 6.27. The Hall–Kier alpha value is -2.14. The molecule has 3 nitrogen and oxygen atoms in total. The topological polar surface area (TPSA) is 34.7 Å². The monoisotopic (exact) mass is 370 g/mol. The van der Waals surface area contributed by atoms with Crippen molar-refractivity contribution in [1.29, 1.82) is 0 Å². The van der Waals surface area contributed by atoms with Crippen molar-refractivity contribution in [3.05, 3.63) is 79.8 Å². The molecular formula is C20H17ClNO2S+. The van der Waals surface area contributed by atoms with Crippen molar-refractivity contribution in [2.75, 3.05) is 7.05 Å². The Balaban J connectivity index is 1.77. The fourth-order valence-electron chi connectivity index (χ4n) is 3.29. The quantitative estimate of drug-likeness (QED) is 0.437. The standard InChI is InChI=1S/C20H16ClNO2S/c1-22(12-15-7-9-18(21)25-15)11-14-10-19(23)24-17-8-6-13-4-2-3-5-16(13)20(14)17/h2-10H,11-12H2,1H3/p+1. The van der Waals surface area contributed by atoms with Gasteiger partial charge in [-0.1, -0.05) is 41.9 Å². The van der Waals surface area contributed by atoms with Crippen LogP contribution in [0.25, 0.3) is 21.7 Å². The van der Waals surface area contributed by atoms with Gasteiger partial charge in [0.2, 0.25) is 0 Å². The molecule has 0 bridgehead atoms. The molecule has 0 radical (unpaired) electrons. The van der Waals surface area contributed by atoms with Crippen molar-refractivity contribution < 1.29 is 9.32 Å². The number of rotatable bonds is 4. The lowest BCUT2D eigenvalue weighted by molar-refractivity contribution is -0.907.